The molecule has 1 unspecified atom stereocenters. The molecule has 2 atom stereocenters. The maximum atomic E-state index is 12.5. The average molecular weight is 406 g/mol. The highest BCUT2D eigenvalue weighted by molar-refractivity contribution is 5.76. The van der Waals surface area contributed by atoms with Crippen molar-refractivity contribution in [2.75, 3.05) is 20.2 Å². The summed E-state index contributed by atoms with van der Waals surface area (Å²) in [6.07, 6.45) is 3.94. The van der Waals surface area contributed by atoms with Crippen LogP contribution in [0.3, 0.4) is 0 Å². The molecule has 4 rings (SSSR count). The molecule has 5 nitrogen and oxygen atoms in total. The highest BCUT2D eigenvalue weighted by atomic mass is 16.5. The van der Waals surface area contributed by atoms with E-state index in [0.29, 0.717) is 19.4 Å². The lowest BCUT2D eigenvalue weighted by Gasteiger charge is -2.31. The number of aryl methyl sites for hydroxylation is 1. The lowest BCUT2D eigenvalue weighted by atomic mass is 9.98. The Morgan fingerprint density at radius 3 is 2.63 bits per heavy atom. The molecule has 3 aromatic rings. The van der Waals surface area contributed by atoms with E-state index in [0.717, 1.165) is 36.6 Å². The van der Waals surface area contributed by atoms with Gasteiger partial charge in [-0.1, -0.05) is 36.4 Å². The summed E-state index contributed by atoms with van der Waals surface area (Å²) in [5.74, 6) is 1.83. The third kappa shape index (κ3) is 4.92. The van der Waals surface area contributed by atoms with Crippen molar-refractivity contribution in [3.63, 3.8) is 0 Å². The van der Waals surface area contributed by atoms with Crippen molar-refractivity contribution in [1.82, 2.24) is 5.32 Å². The van der Waals surface area contributed by atoms with Crippen molar-refractivity contribution >= 4 is 5.91 Å². The Bertz CT molecular complexity index is 951. The molecule has 0 saturated heterocycles. The molecule has 0 fully saturated rings. The van der Waals surface area contributed by atoms with Gasteiger partial charge in [0.1, 0.15) is 12.3 Å². The molecule has 2 aromatic carbocycles. The van der Waals surface area contributed by atoms with E-state index < -0.39 is 0 Å². The highest BCUT2D eigenvalue weighted by Crippen LogP contribution is 2.16. The van der Waals surface area contributed by atoms with Crippen molar-refractivity contribution in [1.29, 1.82) is 0 Å². The molecule has 1 aliphatic heterocycles. The highest BCUT2D eigenvalue weighted by Gasteiger charge is 2.30. The van der Waals surface area contributed by atoms with Gasteiger partial charge in [-0.25, -0.2) is 0 Å². The van der Waals surface area contributed by atoms with E-state index >= 15 is 0 Å². The Kier molecular flexibility index (Phi) is 6.50. The number of carbonyl (C=O) groups excluding carboxylic acids is 1. The van der Waals surface area contributed by atoms with Gasteiger partial charge in [0.2, 0.25) is 5.91 Å². The van der Waals surface area contributed by atoms with Crippen molar-refractivity contribution in [3.8, 4) is 5.75 Å². The zero-order valence-electron chi connectivity index (χ0n) is 17.4. The van der Waals surface area contributed by atoms with Crippen LogP contribution in [-0.4, -0.2) is 26.1 Å². The van der Waals surface area contributed by atoms with Crippen LogP contribution in [-0.2, 0) is 24.2 Å². The van der Waals surface area contributed by atoms with Gasteiger partial charge < -0.3 is 19.4 Å². The number of furan rings is 1. The second-order valence-corrected chi connectivity index (χ2v) is 7.82. The van der Waals surface area contributed by atoms with E-state index in [1.54, 1.807) is 13.4 Å². The predicted octanol–water partition coefficient (Wildman–Crippen LogP) is 2.72. The summed E-state index contributed by atoms with van der Waals surface area (Å²) in [4.78, 5) is 13.9. The number of rotatable bonds is 8. The molecule has 2 N–H and O–H groups in total. The minimum absolute atomic E-state index is 0.0687. The van der Waals surface area contributed by atoms with Gasteiger partial charge in [0.05, 0.1) is 26.5 Å². The molecule has 5 heteroatoms. The molecule has 1 aromatic heterocycles. The molecule has 156 valence electrons. The van der Waals surface area contributed by atoms with Crippen molar-refractivity contribution < 1.29 is 18.8 Å². The first-order valence-corrected chi connectivity index (χ1v) is 10.6. The first-order chi connectivity index (χ1) is 14.7. The molecule has 2 heterocycles. The van der Waals surface area contributed by atoms with Crippen LogP contribution in [0, 0.1) is 0 Å². The Balaban J connectivity index is 1.35. The Hall–Kier alpha value is -3.05. The summed E-state index contributed by atoms with van der Waals surface area (Å²) in [6.45, 7) is 2.56. The van der Waals surface area contributed by atoms with Crippen molar-refractivity contribution in [3.05, 3.63) is 89.4 Å². The molecule has 0 spiro atoms. The summed E-state index contributed by atoms with van der Waals surface area (Å²) in [5.41, 5.74) is 3.95. The maximum Gasteiger partial charge on any atom is 0.220 e. The molecule has 1 aliphatic rings. The predicted molar refractivity (Wildman–Crippen MR) is 115 cm³/mol. The van der Waals surface area contributed by atoms with Crippen LogP contribution in [0.2, 0.25) is 0 Å². The Labute approximate surface area is 177 Å². The lowest BCUT2D eigenvalue weighted by molar-refractivity contribution is -0.946. The number of quaternary nitrogens is 1. The number of fused-ring (bicyclic) bond motifs is 1. The average Bonchev–Trinajstić information content (AvgIpc) is 3.32. The molecule has 1 amide bonds. The molecule has 0 saturated carbocycles. The van der Waals surface area contributed by atoms with Crippen LogP contribution >= 0.6 is 0 Å². The zero-order chi connectivity index (χ0) is 20.8. The van der Waals surface area contributed by atoms with E-state index in [4.69, 9.17) is 9.15 Å². The standard InChI is InChI=1S/C25H28N2O3/c1-29-22-11-8-19(9-12-22)10-13-25(28)26-17-23(24-7-4-16-30-24)27-15-14-20-5-2-3-6-21(20)18-27/h2-9,11-12,16,23H,10,13-15,17-18H2,1H3,(H,26,28)/p+1/t23-/m1/s1. The number of ether oxygens (including phenoxy) is 1. The van der Waals surface area contributed by atoms with E-state index in [9.17, 15) is 4.79 Å². The second kappa shape index (κ2) is 9.63. The fourth-order valence-corrected chi connectivity index (χ4v) is 4.19. The van der Waals surface area contributed by atoms with Crippen molar-refractivity contribution in [2.45, 2.75) is 31.8 Å². The van der Waals surface area contributed by atoms with E-state index in [1.165, 1.54) is 16.0 Å². The van der Waals surface area contributed by atoms with E-state index in [1.807, 2.05) is 36.4 Å². The Morgan fingerprint density at radius 1 is 1.10 bits per heavy atom. The molecule has 0 radical (unpaired) electrons. The number of hydrogen-bond acceptors (Lipinski definition) is 3. The number of hydrogen-bond donors (Lipinski definition) is 2. The van der Waals surface area contributed by atoms with Gasteiger partial charge in [0.15, 0.2) is 11.8 Å². The van der Waals surface area contributed by atoms with Crippen LogP contribution in [0.15, 0.2) is 71.3 Å². The fraction of sp³-hybridized carbons (Fsp3) is 0.320. The lowest BCUT2D eigenvalue weighted by Crippen LogP contribution is -3.12. The van der Waals surface area contributed by atoms with Gasteiger partial charge >= 0.3 is 0 Å². The van der Waals surface area contributed by atoms with Crippen LogP contribution < -0.4 is 15.0 Å². The summed E-state index contributed by atoms with van der Waals surface area (Å²) in [5, 5.41) is 3.14. The van der Waals surface area contributed by atoms with Gasteiger partial charge in [0.25, 0.3) is 0 Å². The molecule has 0 aliphatic carbocycles. The zero-order valence-corrected chi connectivity index (χ0v) is 17.4. The first-order valence-electron chi connectivity index (χ1n) is 10.6. The first kappa shape index (κ1) is 20.2. The van der Waals surface area contributed by atoms with E-state index in [-0.39, 0.29) is 11.9 Å². The molecular formula is C25H29N2O3+. The summed E-state index contributed by atoms with van der Waals surface area (Å²) in [6, 6.07) is 20.6. The number of benzene rings is 2. The largest absolute Gasteiger partial charge is 0.497 e. The fourth-order valence-electron chi connectivity index (χ4n) is 4.19. The third-order valence-corrected chi connectivity index (χ3v) is 5.93. The quantitative estimate of drug-likeness (QED) is 0.606. The second-order valence-electron chi connectivity index (χ2n) is 7.82. The minimum atomic E-state index is 0.0687. The third-order valence-electron chi connectivity index (χ3n) is 5.93. The van der Waals surface area contributed by atoms with Crippen LogP contribution in [0.5, 0.6) is 5.75 Å². The Morgan fingerprint density at radius 2 is 1.90 bits per heavy atom. The number of carbonyl (C=O) groups is 1. The number of nitrogens with one attached hydrogen (secondary N) is 2. The minimum Gasteiger partial charge on any atom is -0.497 e. The van der Waals surface area contributed by atoms with Gasteiger partial charge in [-0.2, -0.15) is 0 Å². The number of methoxy groups -OCH3 is 1. The van der Waals surface area contributed by atoms with Gasteiger partial charge in [-0.05, 0) is 41.8 Å². The summed E-state index contributed by atoms with van der Waals surface area (Å²) < 4.78 is 10.9. The van der Waals surface area contributed by atoms with E-state index in [2.05, 4.69) is 29.6 Å². The summed E-state index contributed by atoms with van der Waals surface area (Å²) in [7, 11) is 1.65. The maximum absolute atomic E-state index is 12.5. The van der Waals surface area contributed by atoms with Crippen LogP contribution in [0.1, 0.15) is 34.9 Å². The van der Waals surface area contributed by atoms with Gasteiger partial charge in [-0.3, -0.25) is 4.79 Å². The molecular weight excluding hydrogens is 376 g/mol. The topological polar surface area (TPSA) is 55.9 Å². The molecule has 30 heavy (non-hydrogen) atoms. The summed E-state index contributed by atoms with van der Waals surface area (Å²) >= 11 is 0. The monoisotopic (exact) mass is 405 g/mol. The molecule has 0 bridgehead atoms. The van der Waals surface area contributed by atoms with Gasteiger partial charge in [0, 0.05) is 18.4 Å². The normalized spacial score (nSPS) is 16.5. The van der Waals surface area contributed by atoms with Crippen LogP contribution in [0.4, 0.5) is 0 Å². The van der Waals surface area contributed by atoms with Gasteiger partial charge in [-0.15, -0.1) is 0 Å². The van der Waals surface area contributed by atoms with Crippen LogP contribution in [0.25, 0.3) is 0 Å². The van der Waals surface area contributed by atoms with Crippen molar-refractivity contribution in [2.24, 2.45) is 0 Å². The SMILES string of the molecule is COc1ccc(CCC(=O)NC[C@H](c2ccco2)[NH+]2CCc3ccccc3C2)cc1. The number of amides is 1. The smallest absolute Gasteiger partial charge is 0.220 e.